The molecule has 0 amide bonds. The highest BCUT2D eigenvalue weighted by Crippen LogP contribution is 2.23. The minimum Gasteiger partial charge on any atom is -0.370 e. The molecular weight excluding hydrogens is 497 g/mol. The predicted molar refractivity (Wildman–Crippen MR) is 120 cm³/mol. The number of anilines is 1. The highest BCUT2D eigenvalue weighted by Gasteiger charge is 2.20. The van der Waals surface area contributed by atoms with Crippen molar-refractivity contribution in [1.82, 2.24) is 14.9 Å². The number of nitro groups is 1. The maximum atomic E-state index is 11.1. The number of aliphatic imine (C=N–C) groups is 1. The van der Waals surface area contributed by atoms with Gasteiger partial charge in [-0.15, -0.1) is 24.0 Å². The van der Waals surface area contributed by atoms with Crippen molar-refractivity contribution in [2.75, 3.05) is 37.6 Å². The lowest BCUT2D eigenvalue weighted by molar-refractivity contribution is -0.385. The van der Waals surface area contributed by atoms with Gasteiger partial charge in [-0.2, -0.15) is 0 Å². The molecule has 0 aliphatic carbocycles. The smallest absolute Gasteiger partial charge is 0.274 e. The number of piperazine rings is 1. The van der Waals surface area contributed by atoms with Crippen molar-refractivity contribution in [1.29, 1.82) is 0 Å². The van der Waals surface area contributed by atoms with E-state index in [2.05, 4.69) is 19.9 Å². The van der Waals surface area contributed by atoms with E-state index in [1.165, 1.54) is 6.07 Å². The molecule has 0 bridgehead atoms. The van der Waals surface area contributed by atoms with Crippen molar-refractivity contribution in [3.05, 3.63) is 57.4 Å². The summed E-state index contributed by atoms with van der Waals surface area (Å²) in [7, 11) is 0. The Kier molecular flexibility index (Phi) is 8.18. The Bertz CT molecular complexity index is 830. The fraction of sp³-hybridized carbons (Fsp3) is 0.353. The lowest BCUT2D eigenvalue weighted by atomic mass is 10.1. The second-order valence-electron chi connectivity index (χ2n) is 6.04. The molecule has 3 rings (SSSR count). The molecule has 0 saturated carbocycles. The number of hydrogen-bond donors (Lipinski definition) is 1. The molecule has 2 N–H and O–H groups in total. The Hall–Kier alpha value is -2.21. The quantitative estimate of drug-likeness (QED) is 0.213. The van der Waals surface area contributed by atoms with E-state index in [9.17, 15) is 10.1 Å². The minimum atomic E-state index is -0.431. The summed E-state index contributed by atoms with van der Waals surface area (Å²) in [5.41, 5.74) is 6.69. The van der Waals surface area contributed by atoms with Crippen LogP contribution in [0.1, 0.15) is 5.56 Å². The fourth-order valence-electron chi connectivity index (χ4n) is 2.90. The van der Waals surface area contributed by atoms with Crippen LogP contribution in [-0.2, 0) is 6.42 Å². The van der Waals surface area contributed by atoms with E-state index in [0.717, 1.165) is 13.1 Å². The molecule has 1 fully saturated rings. The Morgan fingerprint density at radius 2 is 1.93 bits per heavy atom. The van der Waals surface area contributed by atoms with Gasteiger partial charge in [0, 0.05) is 61.8 Å². The van der Waals surface area contributed by atoms with Crippen molar-refractivity contribution in [2.45, 2.75) is 6.42 Å². The van der Waals surface area contributed by atoms with E-state index in [4.69, 9.17) is 17.3 Å². The van der Waals surface area contributed by atoms with Crippen molar-refractivity contribution >= 4 is 53.2 Å². The Labute approximate surface area is 184 Å². The molecule has 2 heterocycles. The molecule has 1 aliphatic heterocycles. The SMILES string of the molecule is I.NC(=NCCc1ccc(Cl)cc1[N+](=O)[O-])N1CCN(c2ncccn2)CC1. The van der Waals surface area contributed by atoms with Crippen molar-refractivity contribution in [3.63, 3.8) is 0 Å². The van der Waals surface area contributed by atoms with Crippen LogP contribution in [0.5, 0.6) is 0 Å². The molecule has 0 radical (unpaired) electrons. The molecule has 0 spiro atoms. The number of nitrogens with two attached hydrogens (primary N) is 1. The zero-order valence-corrected chi connectivity index (χ0v) is 18.2. The van der Waals surface area contributed by atoms with Crippen LogP contribution in [0.3, 0.4) is 0 Å². The van der Waals surface area contributed by atoms with E-state index in [1.807, 2.05) is 4.90 Å². The van der Waals surface area contributed by atoms with Crippen LogP contribution in [0.15, 0.2) is 41.7 Å². The van der Waals surface area contributed by atoms with Crippen molar-refractivity contribution in [3.8, 4) is 0 Å². The lowest BCUT2D eigenvalue weighted by Crippen LogP contribution is -2.51. The molecule has 1 aliphatic rings. The van der Waals surface area contributed by atoms with Gasteiger partial charge in [-0.1, -0.05) is 17.7 Å². The molecule has 0 unspecified atom stereocenters. The molecule has 1 saturated heterocycles. The average molecular weight is 518 g/mol. The summed E-state index contributed by atoms with van der Waals surface area (Å²) < 4.78 is 0. The molecule has 0 atom stereocenters. The molecule has 1 aromatic carbocycles. The van der Waals surface area contributed by atoms with Crippen LogP contribution in [0.2, 0.25) is 5.02 Å². The number of guanidine groups is 1. The van der Waals surface area contributed by atoms with Gasteiger partial charge in [0.25, 0.3) is 5.69 Å². The van der Waals surface area contributed by atoms with E-state index in [1.54, 1.807) is 30.6 Å². The second-order valence-corrected chi connectivity index (χ2v) is 6.48. The Morgan fingerprint density at radius 1 is 1.25 bits per heavy atom. The van der Waals surface area contributed by atoms with Gasteiger partial charge in [0.15, 0.2) is 5.96 Å². The summed E-state index contributed by atoms with van der Waals surface area (Å²) in [6.45, 7) is 3.31. The summed E-state index contributed by atoms with van der Waals surface area (Å²) >= 11 is 5.83. The third-order valence-electron chi connectivity index (χ3n) is 4.34. The standard InChI is InChI=1S/C17H20ClN7O2.HI/c18-14-3-2-13(15(12-14)25(26)27)4-7-20-16(19)23-8-10-24(11-9-23)17-21-5-1-6-22-17;/h1-3,5-6,12H,4,7-11H2,(H2,19,20);1H. The number of rotatable bonds is 5. The first-order valence-electron chi connectivity index (χ1n) is 8.54. The van der Waals surface area contributed by atoms with E-state index in [-0.39, 0.29) is 29.7 Å². The third kappa shape index (κ3) is 5.64. The highest BCUT2D eigenvalue weighted by molar-refractivity contribution is 14.0. The maximum absolute atomic E-state index is 11.1. The number of nitrogens with zero attached hydrogens (tertiary/aromatic N) is 6. The molecule has 11 heteroatoms. The van der Waals surface area contributed by atoms with Gasteiger partial charge >= 0.3 is 0 Å². The van der Waals surface area contributed by atoms with Crippen LogP contribution >= 0.6 is 35.6 Å². The van der Waals surface area contributed by atoms with Crippen LogP contribution in [0, 0.1) is 10.1 Å². The minimum absolute atomic E-state index is 0. The number of nitro benzene ring substituents is 1. The third-order valence-corrected chi connectivity index (χ3v) is 4.57. The van der Waals surface area contributed by atoms with Gasteiger partial charge < -0.3 is 15.5 Å². The maximum Gasteiger partial charge on any atom is 0.274 e. The van der Waals surface area contributed by atoms with Crippen LogP contribution in [0.4, 0.5) is 11.6 Å². The van der Waals surface area contributed by atoms with Crippen molar-refractivity contribution in [2.24, 2.45) is 10.7 Å². The van der Waals surface area contributed by atoms with Crippen LogP contribution in [-0.4, -0.2) is 58.5 Å². The molecule has 9 nitrogen and oxygen atoms in total. The summed E-state index contributed by atoms with van der Waals surface area (Å²) in [5.74, 6) is 1.16. The summed E-state index contributed by atoms with van der Waals surface area (Å²) in [4.78, 5) is 27.7. The number of hydrogen-bond acceptors (Lipinski definition) is 6. The largest absolute Gasteiger partial charge is 0.370 e. The van der Waals surface area contributed by atoms with Gasteiger partial charge in [0.05, 0.1) is 4.92 Å². The first-order chi connectivity index (χ1) is 13.0. The molecule has 150 valence electrons. The van der Waals surface area contributed by atoms with E-state index < -0.39 is 4.92 Å². The zero-order valence-electron chi connectivity index (χ0n) is 15.1. The lowest BCUT2D eigenvalue weighted by Gasteiger charge is -2.35. The molecular formula is C17H21ClIN7O2. The summed E-state index contributed by atoms with van der Waals surface area (Å²) in [6, 6.07) is 6.44. The first-order valence-corrected chi connectivity index (χ1v) is 8.92. The molecule has 2 aromatic rings. The summed E-state index contributed by atoms with van der Waals surface area (Å²) in [5, 5.41) is 11.5. The number of benzene rings is 1. The Balaban J connectivity index is 0.00000280. The van der Waals surface area contributed by atoms with Gasteiger partial charge in [0.2, 0.25) is 5.95 Å². The van der Waals surface area contributed by atoms with Gasteiger partial charge in [0.1, 0.15) is 0 Å². The monoisotopic (exact) mass is 517 g/mol. The van der Waals surface area contributed by atoms with Crippen molar-refractivity contribution < 1.29 is 4.92 Å². The van der Waals surface area contributed by atoms with Gasteiger partial charge in [-0.25, -0.2) is 9.97 Å². The summed E-state index contributed by atoms with van der Waals surface area (Å²) in [6.07, 6.45) is 3.87. The van der Waals surface area contributed by atoms with Gasteiger partial charge in [-0.05, 0) is 18.6 Å². The topological polar surface area (TPSA) is 114 Å². The second kappa shape index (κ2) is 10.4. The average Bonchev–Trinajstić information content (AvgIpc) is 2.69. The van der Waals surface area contributed by atoms with Crippen LogP contribution < -0.4 is 10.6 Å². The normalized spacial score (nSPS) is 14.5. The fourth-order valence-corrected chi connectivity index (χ4v) is 3.07. The van der Waals surface area contributed by atoms with Gasteiger partial charge in [-0.3, -0.25) is 15.1 Å². The zero-order chi connectivity index (χ0) is 19.2. The first kappa shape index (κ1) is 22.1. The number of aromatic nitrogens is 2. The number of halogens is 2. The predicted octanol–water partition coefficient (Wildman–Crippen LogP) is 2.34. The van der Waals surface area contributed by atoms with E-state index >= 15 is 0 Å². The Morgan fingerprint density at radius 3 is 2.57 bits per heavy atom. The highest BCUT2D eigenvalue weighted by atomic mass is 127. The van der Waals surface area contributed by atoms with E-state index in [0.29, 0.717) is 48.5 Å². The molecule has 28 heavy (non-hydrogen) atoms. The van der Waals surface area contributed by atoms with Crippen LogP contribution in [0.25, 0.3) is 0 Å². The molecule has 1 aromatic heterocycles.